The van der Waals surface area contributed by atoms with Gasteiger partial charge >= 0.3 is 0 Å². The van der Waals surface area contributed by atoms with Gasteiger partial charge in [0.2, 0.25) is 0 Å². The SMILES string of the molecule is CC(=O)c1cc(C)n(Cc2ccc(Cl)cc2Cl)c1C. The first-order chi connectivity index (χ1) is 8.90. The number of benzene rings is 1. The predicted octanol–water partition coefficient (Wildman–Crippen LogP) is 4.66. The fourth-order valence-electron chi connectivity index (χ4n) is 2.22. The topological polar surface area (TPSA) is 22.0 Å². The second kappa shape index (κ2) is 5.40. The molecule has 1 aromatic heterocycles. The molecule has 0 aliphatic rings. The summed E-state index contributed by atoms with van der Waals surface area (Å²) in [5, 5.41) is 1.27. The minimum atomic E-state index is 0.0848. The van der Waals surface area contributed by atoms with Crippen molar-refractivity contribution in [2.45, 2.75) is 27.3 Å². The van der Waals surface area contributed by atoms with Crippen LogP contribution in [0.15, 0.2) is 24.3 Å². The fourth-order valence-corrected chi connectivity index (χ4v) is 2.69. The van der Waals surface area contributed by atoms with Crippen LogP contribution in [0.1, 0.15) is 34.2 Å². The maximum absolute atomic E-state index is 11.5. The molecule has 2 nitrogen and oxygen atoms in total. The molecule has 2 aromatic rings. The Morgan fingerprint density at radius 2 is 1.89 bits per heavy atom. The summed E-state index contributed by atoms with van der Waals surface area (Å²) < 4.78 is 2.09. The van der Waals surface area contributed by atoms with Gasteiger partial charge in [0.05, 0.1) is 0 Å². The molecule has 1 heterocycles. The van der Waals surface area contributed by atoms with E-state index in [9.17, 15) is 4.79 Å². The van der Waals surface area contributed by atoms with Gasteiger partial charge in [-0.05, 0) is 44.5 Å². The van der Waals surface area contributed by atoms with Crippen LogP contribution in [-0.4, -0.2) is 10.4 Å². The van der Waals surface area contributed by atoms with E-state index in [1.165, 1.54) is 0 Å². The summed E-state index contributed by atoms with van der Waals surface area (Å²) in [7, 11) is 0. The predicted molar refractivity (Wildman–Crippen MR) is 79.5 cm³/mol. The van der Waals surface area contributed by atoms with E-state index in [0.717, 1.165) is 22.5 Å². The molecule has 0 spiro atoms. The van der Waals surface area contributed by atoms with E-state index in [2.05, 4.69) is 4.57 Å². The van der Waals surface area contributed by atoms with Crippen LogP contribution < -0.4 is 0 Å². The van der Waals surface area contributed by atoms with Gasteiger partial charge in [-0.25, -0.2) is 0 Å². The van der Waals surface area contributed by atoms with Crippen molar-refractivity contribution < 1.29 is 4.79 Å². The molecule has 0 saturated carbocycles. The molecule has 0 fully saturated rings. The molecule has 4 heteroatoms. The summed E-state index contributed by atoms with van der Waals surface area (Å²) in [6.45, 7) is 6.17. The van der Waals surface area contributed by atoms with E-state index < -0.39 is 0 Å². The zero-order valence-electron chi connectivity index (χ0n) is 11.1. The minimum absolute atomic E-state index is 0.0848. The van der Waals surface area contributed by atoms with Crippen molar-refractivity contribution in [1.29, 1.82) is 0 Å². The molecule has 0 N–H and O–H groups in total. The molecule has 0 bridgehead atoms. The number of hydrogen-bond acceptors (Lipinski definition) is 1. The first-order valence-electron chi connectivity index (χ1n) is 6.01. The molecule has 0 aliphatic carbocycles. The molecule has 0 radical (unpaired) electrons. The van der Waals surface area contributed by atoms with Crippen molar-refractivity contribution in [3.63, 3.8) is 0 Å². The number of hydrogen-bond donors (Lipinski definition) is 0. The van der Waals surface area contributed by atoms with Crippen LogP contribution in [0.4, 0.5) is 0 Å². The molecule has 2 rings (SSSR count). The number of nitrogens with zero attached hydrogens (tertiary/aromatic N) is 1. The average molecular weight is 296 g/mol. The Kier molecular flexibility index (Phi) is 4.02. The summed E-state index contributed by atoms with van der Waals surface area (Å²) in [4.78, 5) is 11.5. The van der Waals surface area contributed by atoms with Gasteiger partial charge in [0.1, 0.15) is 0 Å². The summed E-state index contributed by atoms with van der Waals surface area (Å²) in [5.41, 5.74) is 3.77. The number of ketones is 1. The van der Waals surface area contributed by atoms with Crippen molar-refractivity contribution in [2.24, 2.45) is 0 Å². The van der Waals surface area contributed by atoms with Crippen molar-refractivity contribution >= 4 is 29.0 Å². The summed E-state index contributed by atoms with van der Waals surface area (Å²) in [6.07, 6.45) is 0. The van der Waals surface area contributed by atoms with Gasteiger partial charge in [-0.1, -0.05) is 29.3 Å². The number of aromatic nitrogens is 1. The monoisotopic (exact) mass is 295 g/mol. The van der Waals surface area contributed by atoms with E-state index in [-0.39, 0.29) is 5.78 Å². The highest BCUT2D eigenvalue weighted by atomic mass is 35.5. The van der Waals surface area contributed by atoms with Crippen molar-refractivity contribution in [1.82, 2.24) is 4.57 Å². The van der Waals surface area contributed by atoms with E-state index in [1.54, 1.807) is 13.0 Å². The fraction of sp³-hybridized carbons (Fsp3) is 0.267. The lowest BCUT2D eigenvalue weighted by atomic mass is 10.2. The smallest absolute Gasteiger partial charge is 0.161 e. The van der Waals surface area contributed by atoms with Crippen molar-refractivity contribution in [3.8, 4) is 0 Å². The molecular weight excluding hydrogens is 281 g/mol. The Morgan fingerprint density at radius 1 is 1.21 bits per heavy atom. The number of carbonyl (C=O) groups is 1. The lowest BCUT2D eigenvalue weighted by Gasteiger charge is -2.11. The molecule has 0 atom stereocenters. The largest absolute Gasteiger partial charge is 0.344 e. The summed E-state index contributed by atoms with van der Waals surface area (Å²) in [5.74, 6) is 0.0848. The van der Waals surface area contributed by atoms with Crippen LogP contribution in [-0.2, 0) is 6.54 Å². The highest BCUT2D eigenvalue weighted by Crippen LogP contribution is 2.24. The van der Waals surface area contributed by atoms with E-state index >= 15 is 0 Å². The Labute approximate surface area is 123 Å². The third-order valence-corrected chi connectivity index (χ3v) is 3.88. The number of carbonyl (C=O) groups excluding carboxylic acids is 1. The Hall–Kier alpha value is -1.25. The Bertz CT molecular complexity index is 644. The molecule has 0 amide bonds. The van der Waals surface area contributed by atoms with Crippen LogP contribution in [0.3, 0.4) is 0 Å². The molecule has 100 valence electrons. The molecule has 0 unspecified atom stereocenters. The quantitative estimate of drug-likeness (QED) is 0.755. The average Bonchev–Trinajstić information content (AvgIpc) is 2.60. The Balaban J connectivity index is 2.41. The third kappa shape index (κ3) is 2.85. The van der Waals surface area contributed by atoms with Gasteiger partial charge in [0, 0.05) is 33.5 Å². The molecule has 0 aliphatic heterocycles. The number of Topliss-reactive ketones (excluding diaryl/α,β-unsaturated/α-hetero) is 1. The van der Waals surface area contributed by atoms with Crippen molar-refractivity contribution in [3.05, 3.63) is 56.8 Å². The van der Waals surface area contributed by atoms with Crippen LogP contribution in [0, 0.1) is 13.8 Å². The molecule has 1 aromatic carbocycles. The van der Waals surface area contributed by atoms with Gasteiger partial charge in [0.25, 0.3) is 0 Å². The van der Waals surface area contributed by atoms with Crippen molar-refractivity contribution in [2.75, 3.05) is 0 Å². The van der Waals surface area contributed by atoms with E-state index in [0.29, 0.717) is 16.6 Å². The van der Waals surface area contributed by atoms with Crippen LogP contribution >= 0.6 is 23.2 Å². The highest BCUT2D eigenvalue weighted by molar-refractivity contribution is 6.35. The second-order valence-electron chi connectivity index (χ2n) is 4.66. The summed E-state index contributed by atoms with van der Waals surface area (Å²) in [6, 6.07) is 7.39. The number of rotatable bonds is 3. The number of halogens is 2. The van der Waals surface area contributed by atoms with E-state index in [4.69, 9.17) is 23.2 Å². The standard InChI is InChI=1S/C15H15Cl2NO/c1-9-6-14(11(3)19)10(2)18(9)8-12-4-5-13(16)7-15(12)17/h4-7H,8H2,1-3H3. The molecule has 0 saturated heterocycles. The zero-order chi connectivity index (χ0) is 14.2. The molecular formula is C15H15Cl2NO. The normalized spacial score (nSPS) is 10.8. The van der Waals surface area contributed by atoms with Crippen LogP contribution in [0.5, 0.6) is 0 Å². The minimum Gasteiger partial charge on any atom is -0.344 e. The highest BCUT2D eigenvalue weighted by Gasteiger charge is 2.13. The lowest BCUT2D eigenvalue weighted by molar-refractivity contribution is 0.101. The maximum atomic E-state index is 11.5. The second-order valence-corrected chi connectivity index (χ2v) is 5.51. The van der Waals surface area contributed by atoms with Crippen LogP contribution in [0.25, 0.3) is 0 Å². The van der Waals surface area contributed by atoms with Gasteiger partial charge in [-0.15, -0.1) is 0 Å². The summed E-state index contributed by atoms with van der Waals surface area (Å²) >= 11 is 12.1. The third-order valence-electron chi connectivity index (χ3n) is 3.30. The van der Waals surface area contributed by atoms with Crippen LogP contribution in [0.2, 0.25) is 10.0 Å². The lowest BCUT2D eigenvalue weighted by Crippen LogP contribution is -2.05. The van der Waals surface area contributed by atoms with Gasteiger partial charge in [-0.3, -0.25) is 4.79 Å². The zero-order valence-corrected chi connectivity index (χ0v) is 12.6. The number of aryl methyl sites for hydroxylation is 1. The molecule has 19 heavy (non-hydrogen) atoms. The Morgan fingerprint density at radius 3 is 2.42 bits per heavy atom. The van der Waals surface area contributed by atoms with E-state index in [1.807, 2.05) is 32.0 Å². The first kappa shape index (κ1) is 14.2. The first-order valence-corrected chi connectivity index (χ1v) is 6.77. The van der Waals surface area contributed by atoms with Gasteiger partial charge in [-0.2, -0.15) is 0 Å². The van der Waals surface area contributed by atoms with Gasteiger partial charge < -0.3 is 4.57 Å². The maximum Gasteiger partial charge on any atom is 0.161 e. The van der Waals surface area contributed by atoms with Gasteiger partial charge in [0.15, 0.2) is 5.78 Å².